The van der Waals surface area contributed by atoms with E-state index >= 15 is 0 Å². The summed E-state index contributed by atoms with van der Waals surface area (Å²) in [6, 6.07) is 9.60. The second-order valence-electron chi connectivity index (χ2n) is 7.02. The highest BCUT2D eigenvalue weighted by atomic mass is 35.5. The Labute approximate surface area is 155 Å². The summed E-state index contributed by atoms with van der Waals surface area (Å²) < 4.78 is 0. The van der Waals surface area contributed by atoms with Crippen LogP contribution in [0.25, 0.3) is 0 Å². The molecule has 2 atom stereocenters. The molecule has 1 aromatic rings. The van der Waals surface area contributed by atoms with Crippen LogP contribution in [0.4, 0.5) is 0 Å². The zero-order valence-electron chi connectivity index (χ0n) is 14.7. The molecule has 0 aliphatic carbocycles. The van der Waals surface area contributed by atoms with Crippen LogP contribution < -0.4 is 10.6 Å². The lowest BCUT2D eigenvalue weighted by molar-refractivity contribution is -0.127. The first-order valence-electron chi connectivity index (χ1n) is 9.00. The van der Waals surface area contributed by atoms with Gasteiger partial charge in [-0.3, -0.25) is 9.59 Å². The third-order valence-electron chi connectivity index (χ3n) is 5.33. The van der Waals surface area contributed by atoms with Gasteiger partial charge in [0.2, 0.25) is 5.91 Å². The van der Waals surface area contributed by atoms with Crippen molar-refractivity contribution in [3.8, 4) is 0 Å². The zero-order valence-corrected chi connectivity index (χ0v) is 15.6. The van der Waals surface area contributed by atoms with E-state index in [9.17, 15) is 9.59 Å². The van der Waals surface area contributed by atoms with Gasteiger partial charge in [-0.2, -0.15) is 0 Å². The van der Waals surface area contributed by atoms with Gasteiger partial charge in [-0.25, -0.2) is 0 Å². The molecule has 5 nitrogen and oxygen atoms in total. The van der Waals surface area contributed by atoms with Crippen molar-refractivity contribution in [2.45, 2.75) is 32.2 Å². The average Bonchev–Trinajstić information content (AvgIpc) is 2.64. The second-order valence-corrected chi connectivity index (χ2v) is 7.02. The highest BCUT2D eigenvalue weighted by Crippen LogP contribution is 2.20. The van der Waals surface area contributed by atoms with Crippen molar-refractivity contribution < 1.29 is 9.59 Å². The number of nitrogens with zero attached hydrogens (tertiary/aromatic N) is 1. The van der Waals surface area contributed by atoms with Crippen LogP contribution >= 0.6 is 12.4 Å². The molecule has 0 bridgehead atoms. The molecule has 2 unspecified atom stereocenters. The Morgan fingerprint density at radius 1 is 1.12 bits per heavy atom. The predicted molar refractivity (Wildman–Crippen MR) is 101 cm³/mol. The molecule has 138 valence electrons. The molecule has 1 aromatic carbocycles. The first-order valence-corrected chi connectivity index (χ1v) is 9.00. The number of hydrogen-bond donors (Lipinski definition) is 2. The Morgan fingerprint density at radius 3 is 2.44 bits per heavy atom. The highest BCUT2D eigenvalue weighted by Gasteiger charge is 2.30. The summed E-state index contributed by atoms with van der Waals surface area (Å²) in [6.07, 6.45) is 2.60. The maximum atomic E-state index is 12.5. The van der Waals surface area contributed by atoms with Crippen LogP contribution in [0.3, 0.4) is 0 Å². The van der Waals surface area contributed by atoms with Gasteiger partial charge in [0.15, 0.2) is 0 Å². The molecule has 0 saturated carbocycles. The number of likely N-dealkylation sites (tertiary alicyclic amines) is 1. The van der Waals surface area contributed by atoms with E-state index in [0.717, 1.165) is 37.9 Å². The zero-order chi connectivity index (χ0) is 16.9. The van der Waals surface area contributed by atoms with Crippen LogP contribution in [0.2, 0.25) is 0 Å². The summed E-state index contributed by atoms with van der Waals surface area (Å²) in [7, 11) is 0. The van der Waals surface area contributed by atoms with Crippen LogP contribution in [-0.4, -0.2) is 48.9 Å². The van der Waals surface area contributed by atoms with Gasteiger partial charge in [-0.1, -0.05) is 25.1 Å². The summed E-state index contributed by atoms with van der Waals surface area (Å²) in [5.41, 5.74) is 0.725. The molecular formula is C19H28ClN3O2. The van der Waals surface area contributed by atoms with Gasteiger partial charge in [0.05, 0.1) is 0 Å². The first kappa shape index (κ1) is 19.7. The molecule has 3 rings (SSSR count). The Kier molecular flexibility index (Phi) is 7.26. The van der Waals surface area contributed by atoms with Crippen molar-refractivity contribution in [3.63, 3.8) is 0 Å². The van der Waals surface area contributed by atoms with E-state index in [1.807, 2.05) is 35.2 Å². The smallest absolute Gasteiger partial charge is 0.253 e. The molecule has 2 aliphatic heterocycles. The van der Waals surface area contributed by atoms with Gasteiger partial charge < -0.3 is 15.5 Å². The number of carbonyl (C=O) groups excluding carboxylic acids is 2. The minimum Gasteiger partial charge on any atom is -0.352 e. The topological polar surface area (TPSA) is 61.4 Å². The standard InChI is InChI=1S/C19H27N3O2.ClH/c1-14-7-10-20-13-17(14)21-18(23)15-8-11-22(12-9-15)19(24)16-5-3-2-4-6-16;/h2-6,14-15,17,20H,7-13H2,1H3,(H,21,23);1H. The Hall–Kier alpha value is -1.59. The van der Waals surface area contributed by atoms with Crippen LogP contribution in [0.5, 0.6) is 0 Å². The lowest BCUT2D eigenvalue weighted by Crippen LogP contribution is -2.52. The van der Waals surface area contributed by atoms with E-state index < -0.39 is 0 Å². The monoisotopic (exact) mass is 365 g/mol. The van der Waals surface area contributed by atoms with Crippen molar-refractivity contribution in [3.05, 3.63) is 35.9 Å². The number of halogens is 1. The third-order valence-corrected chi connectivity index (χ3v) is 5.33. The van der Waals surface area contributed by atoms with E-state index in [0.29, 0.717) is 19.0 Å². The molecule has 2 fully saturated rings. The number of piperidine rings is 2. The highest BCUT2D eigenvalue weighted by molar-refractivity contribution is 5.94. The molecule has 2 N–H and O–H groups in total. The summed E-state index contributed by atoms with van der Waals surface area (Å²) in [4.78, 5) is 26.8. The molecule has 2 heterocycles. The van der Waals surface area contributed by atoms with E-state index in [1.54, 1.807) is 0 Å². The number of nitrogens with one attached hydrogen (secondary N) is 2. The Bertz CT molecular complexity index is 573. The number of rotatable bonds is 3. The maximum Gasteiger partial charge on any atom is 0.253 e. The van der Waals surface area contributed by atoms with E-state index in [-0.39, 0.29) is 36.2 Å². The predicted octanol–water partition coefficient (Wildman–Crippen LogP) is 2.07. The molecule has 2 aliphatic rings. The fourth-order valence-corrected chi connectivity index (χ4v) is 3.59. The summed E-state index contributed by atoms with van der Waals surface area (Å²) in [5, 5.41) is 6.56. The number of amides is 2. The van der Waals surface area contributed by atoms with E-state index in [4.69, 9.17) is 0 Å². The fraction of sp³-hybridized carbons (Fsp3) is 0.579. The van der Waals surface area contributed by atoms with Gasteiger partial charge in [0.1, 0.15) is 0 Å². The van der Waals surface area contributed by atoms with Crippen molar-refractivity contribution in [1.29, 1.82) is 0 Å². The van der Waals surface area contributed by atoms with Gasteiger partial charge in [-0.15, -0.1) is 12.4 Å². The number of benzene rings is 1. The van der Waals surface area contributed by atoms with Crippen LogP contribution in [0.15, 0.2) is 30.3 Å². The van der Waals surface area contributed by atoms with Crippen molar-refractivity contribution in [2.24, 2.45) is 11.8 Å². The van der Waals surface area contributed by atoms with Gasteiger partial charge in [-0.05, 0) is 43.9 Å². The number of hydrogen-bond acceptors (Lipinski definition) is 3. The molecule has 0 spiro atoms. The summed E-state index contributed by atoms with van der Waals surface area (Å²) >= 11 is 0. The molecule has 6 heteroatoms. The SMILES string of the molecule is CC1CCNCC1NC(=O)C1CCN(C(=O)c2ccccc2)CC1.Cl. The summed E-state index contributed by atoms with van der Waals surface area (Å²) in [5.74, 6) is 0.774. The van der Waals surface area contributed by atoms with Gasteiger partial charge >= 0.3 is 0 Å². The third kappa shape index (κ3) is 4.95. The lowest BCUT2D eigenvalue weighted by Gasteiger charge is -2.34. The molecular weight excluding hydrogens is 338 g/mol. The van der Waals surface area contributed by atoms with Crippen LogP contribution in [0.1, 0.15) is 36.5 Å². The van der Waals surface area contributed by atoms with Crippen LogP contribution in [0, 0.1) is 11.8 Å². The molecule has 2 amide bonds. The van der Waals surface area contributed by atoms with Crippen molar-refractivity contribution >= 4 is 24.2 Å². The van der Waals surface area contributed by atoms with Crippen molar-refractivity contribution in [2.75, 3.05) is 26.2 Å². The maximum absolute atomic E-state index is 12.5. The van der Waals surface area contributed by atoms with Crippen LogP contribution in [-0.2, 0) is 4.79 Å². The van der Waals surface area contributed by atoms with Gasteiger partial charge in [0.25, 0.3) is 5.91 Å². The normalized spacial score (nSPS) is 24.3. The quantitative estimate of drug-likeness (QED) is 0.862. The summed E-state index contributed by atoms with van der Waals surface area (Å²) in [6.45, 7) is 5.41. The largest absolute Gasteiger partial charge is 0.352 e. The average molecular weight is 366 g/mol. The van der Waals surface area contributed by atoms with E-state index in [1.165, 1.54) is 0 Å². The minimum atomic E-state index is 0. The lowest BCUT2D eigenvalue weighted by atomic mass is 9.91. The Balaban J connectivity index is 0.00000225. The van der Waals surface area contributed by atoms with E-state index in [2.05, 4.69) is 17.6 Å². The molecule has 2 saturated heterocycles. The van der Waals surface area contributed by atoms with Gasteiger partial charge in [0, 0.05) is 37.2 Å². The first-order chi connectivity index (χ1) is 11.6. The molecule has 25 heavy (non-hydrogen) atoms. The molecule has 0 radical (unpaired) electrons. The second kappa shape index (κ2) is 9.20. The Morgan fingerprint density at radius 2 is 1.80 bits per heavy atom. The van der Waals surface area contributed by atoms with Crippen molar-refractivity contribution in [1.82, 2.24) is 15.5 Å². The minimum absolute atomic E-state index is 0. The number of carbonyl (C=O) groups is 2. The molecule has 0 aromatic heterocycles. The fourth-order valence-electron chi connectivity index (χ4n) is 3.59.